The van der Waals surface area contributed by atoms with Crippen LogP contribution in [0.3, 0.4) is 0 Å². The average molecular weight is 253 g/mol. The van der Waals surface area contributed by atoms with Crippen molar-refractivity contribution in [2.45, 2.75) is 19.4 Å². The van der Waals surface area contributed by atoms with Crippen molar-refractivity contribution in [1.29, 1.82) is 0 Å². The molecule has 0 saturated heterocycles. The zero-order chi connectivity index (χ0) is 13.0. The van der Waals surface area contributed by atoms with E-state index in [-0.39, 0.29) is 0 Å². The molecular formula is C16H17OSi. The molecule has 0 amide bonds. The molecule has 0 aliphatic rings. The molecule has 0 unspecified atom stereocenters. The van der Waals surface area contributed by atoms with Gasteiger partial charge in [-0.05, 0) is 17.0 Å². The molecule has 0 aliphatic carbocycles. The Balaban J connectivity index is 2.61. The van der Waals surface area contributed by atoms with Gasteiger partial charge in [0, 0.05) is 0 Å². The second-order valence-electron chi connectivity index (χ2n) is 4.72. The maximum absolute atomic E-state index is 5.78. The van der Waals surface area contributed by atoms with E-state index in [0.29, 0.717) is 5.92 Å². The molecule has 2 heteroatoms. The highest BCUT2D eigenvalue weighted by molar-refractivity contribution is 5.98. The Hall–Kier alpha value is -1.38. The van der Waals surface area contributed by atoms with Gasteiger partial charge in [0.1, 0.15) is 5.60 Å². The Kier molecular flexibility index (Phi) is 3.99. The molecule has 0 atom stereocenters. The van der Waals surface area contributed by atoms with Gasteiger partial charge in [-0.15, -0.1) is 0 Å². The van der Waals surface area contributed by atoms with Gasteiger partial charge < -0.3 is 4.43 Å². The highest BCUT2D eigenvalue weighted by Gasteiger charge is 2.36. The van der Waals surface area contributed by atoms with E-state index in [9.17, 15) is 0 Å². The summed E-state index contributed by atoms with van der Waals surface area (Å²) >= 11 is 0. The molecule has 1 nitrogen and oxygen atoms in total. The number of hydrogen-bond donors (Lipinski definition) is 0. The monoisotopic (exact) mass is 253 g/mol. The van der Waals surface area contributed by atoms with Crippen LogP contribution in [-0.2, 0) is 10.0 Å². The fourth-order valence-corrected chi connectivity index (χ4v) is 2.91. The summed E-state index contributed by atoms with van der Waals surface area (Å²) in [7, 11) is 3.30. The van der Waals surface area contributed by atoms with Crippen molar-refractivity contribution in [1.82, 2.24) is 0 Å². The third kappa shape index (κ3) is 2.14. The van der Waals surface area contributed by atoms with Crippen molar-refractivity contribution < 1.29 is 4.43 Å². The van der Waals surface area contributed by atoms with Crippen LogP contribution in [0.4, 0.5) is 0 Å². The van der Waals surface area contributed by atoms with E-state index in [4.69, 9.17) is 4.43 Å². The Bertz CT molecular complexity index is 439. The quantitative estimate of drug-likeness (QED) is 0.755. The van der Waals surface area contributed by atoms with E-state index in [2.05, 4.69) is 48.6 Å². The van der Waals surface area contributed by atoms with Crippen molar-refractivity contribution >= 4 is 10.5 Å². The molecule has 0 fully saturated rings. The summed E-state index contributed by atoms with van der Waals surface area (Å²) < 4.78 is 5.78. The van der Waals surface area contributed by atoms with Gasteiger partial charge in [0.2, 0.25) is 10.5 Å². The minimum absolute atomic E-state index is 0.305. The van der Waals surface area contributed by atoms with E-state index in [1.54, 1.807) is 0 Å². The summed E-state index contributed by atoms with van der Waals surface area (Å²) in [5, 5.41) is 0. The molecule has 0 N–H and O–H groups in total. The van der Waals surface area contributed by atoms with Crippen LogP contribution >= 0.6 is 0 Å². The number of benzene rings is 2. The molecule has 2 aromatic carbocycles. The molecule has 0 bridgehead atoms. The third-order valence-electron chi connectivity index (χ3n) is 3.38. The molecule has 0 aromatic heterocycles. The summed E-state index contributed by atoms with van der Waals surface area (Å²) in [6.07, 6.45) is 0. The topological polar surface area (TPSA) is 9.23 Å². The Morgan fingerprint density at radius 3 is 1.50 bits per heavy atom. The van der Waals surface area contributed by atoms with Gasteiger partial charge in [0.25, 0.3) is 0 Å². The Morgan fingerprint density at radius 1 is 0.833 bits per heavy atom. The van der Waals surface area contributed by atoms with Crippen molar-refractivity contribution in [3.05, 3.63) is 71.8 Å². The fourth-order valence-electron chi connectivity index (χ4n) is 2.44. The number of rotatable bonds is 4. The highest BCUT2D eigenvalue weighted by atomic mass is 28.2. The maximum atomic E-state index is 5.78. The molecule has 3 radical (unpaired) electrons. The predicted octanol–water partition coefficient (Wildman–Crippen LogP) is 3.69. The molecule has 2 rings (SSSR count). The van der Waals surface area contributed by atoms with Crippen molar-refractivity contribution in [2.24, 2.45) is 5.92 Å². The fraction of sp³-hybridized carbons (Fsp3) is 0.250. The van der Waals surface area contributed by atoms with Crippen LogP contribution in [0.2, 0.25) is 0 Å². The predicted molar refractivity (Wildman–Crippen MR) is 75.3 cm³/mol. The highest BCUT2D eigenvalue weighted by Crippen LogP contribution is 2.39. The van der Waals surface area contributed by atoms with Gasteiger partial charge in [-0.1, -0.05) is 74.5 Å². The lowest BCUT2D eigenvalue weighted by Gasteiger charge is -2.38. The van der Waals surface area contributed by atoms with Crippen molar-refractivity contribution in [2.75, 3.05) is 0 Å². The van der Waals surface area contributed by atoms with E-state index in [0.717, 1.165) is 11.1 Å². The van der Waals surface area contributed by atoms with Crippen LogP contribution in [0.5, 0.6) is 0 Å². The standard InChI is InChI=1S/C16H17OSi/c1-13(2)16(17-18,14-9-5-3-6-10-14)15-11-7-4-8-12-15/h3-13H,1-2H3. The van der Waals surface area contributed by atoms with E-state index in [1.807, 2.05) is 36.4 Å². The summed E-state index contributed by atoms with van der Waals surface area (Å²) in [5.74, 6) is 0.305. The van der Waals surface area contributed by atoms with Crippen molar-refractivity contribution in [3.63, 3.8) is 0 Å². The van der Waals surface area contributed by atoms with Crippen LogP contribution in [0, 0.1) is 5.92 Å². The third-order valence-corrected chi connectivity index (χ3v) is 3.70. The Labute approximate surface area is 112 Å². The zero-order valence-corrected chi connectivity index (χ0v) is 11.8. The second kappa shape index (κ2) is 5.51. The van der Waals surface area contributed by atoms with E-state index < -0.39 is 5.60 Å². The lowest BCUT2D eigenvalue weighted by molar-refractivity contribution is 0.0707. The van der Waals surface area contributed by atoms with E-state index >= 15 is 0 Å². The SMILES string of the molecule is CC(C)C(O[Si])(c1ccccc1)c1ccccc1. The molecule has 0 aliphatic heterocycles. The first-order chi connectivity index (χ1) is 8.71. The van der Waals surface area contributed by atoms with Crippen LogP contribution in [0.15, 0.2) is 60.7 Å². The van der Waals surface area contributed by atoms with Crippen molar-refractivity contribution in [3.8, 4) is 0 Å². The van der Waals surface area contributed by atoms with Gasteiger partial charge in [0.15, 0.2) is 0 Å². The van der Waals surface area contributed by atoms with Gasteiger partial charge in [0.05, 0.1) is 0 Å². The van der Waals surface area contributed by atoms with Crippen LogP contribution in [0.25, 0.3) is 0 Å². The molecule has 2 aromatic rings. The molecular weight excluding hydrogens is 236 g/mol. The van der Waals surface area contributed by atoms with Gasteiger partial charge in [-0.2, -0.15) is 0 Å². The number of hydrogen-bond acceptors (Lipinski definition) is 1. The first-order valence-corrected chi connectivity index (χ1v) is 6.58. The molecule has 0 spiro atoms. The van der Waals surface area contributed by atoms with Crippen LogP contribution in [-0.4, -0.2) is 10.5 Å². The average Bonchev–Trinajstić information content (AvgIpc) is 2.42. The molecule has 18 heavy (non-hydrogen) atoms. The summed E-state index contributed by atoms with van der Waals surface area (Å²) in [6.45, 7) is 4.33. The Morgan fingerprint density at radius 2 is 1.22 bits per heavy atom. The lowest BCUT2D eigenvalue weighted by atomic mass is 9.78. The zero-order valence-electron chi connectivity index (χ0n) is 10.8. The summed E-state index contributed by atoms with van der Waals surface area (Å²) in [6, 6.07) is 20.6. The van der Waals surface area contributed by atoms with E-state index in [1.165, 1.54) is 0 Å². The smallest absolute Gasteiger partial charge is 0.248 e. The van der Waals surface area contributed by atoms with Gasteiger partial charge >= 0.3 is 0 Å². The first-order valence-electron chi connectivity index (χ1n) is 6.17. The minimum Gasteiger partial charge on any atom is -0.405 e. The first kappa shape index (κ1) is 13.1. The van der Waals surface area contributed by atoms with Gasteiger partial charge in [-0.3, -0.25) is 0 Å². The second-order valence-corrected chi connectivity index (χ2v) is 4.93. The normalized spacial score (nSPS) is 11.8. The lowest BCUT2D eigenvalue weighted by Crippen LogP contribution is -2.36. The minimum atomic E-state index is -0.459. The summed E-state index contributed by atoms with van der Waals surface area (Å²) in [5.41, 5.74) is 1.85. The largest absolute Gasteiger partial charge is 0.405 e. The molecule has 91 valence electrons. The van der Waals surface area contributed by atoms with Gasteiger partial charge in [-0.25, -0.2) is 0 Å². The maximum Gasteiger partial charge on any atom is 0.248 e. The van der Waals surface area contributed by atoms with Crippen LogP contribution < -0.4 is 0 Å². The summed E-state index contributed by atoms with van der Waals surface area (Å²) in [4.78, 5) is 0. The molecule has 0 saturated carbocycles. The molecule has 0 heterocycles. The van der Waals surface area contributed by atoms with Crippen LogP contribution in [0.1, 0.15) is 25.0 Å².